The lowest BCUT2D eigenvalue weighted by atomic mass is 9.97. The van der Waals surface area contributed by atoms with Crippen LogP contribution < -0.4 is 4.74 Å². The molecule has 4 nitrogen and oxygen atoms in total. The summed E-state index contributed by atoms with van der Waals surface area (Å²) in [5.41, 5.74) is 0.587. The van der Waals surface area contributed by atoms with Crippen LogP contribution in [-0.2, 0) is 9.53 Å². The Labute approximate surface area is 130 Å². The molecule has 0 saturated carbocycles. The number of ether oxygens (including phenoxy) is 2. The molecule has 0 N–H and O–H groups in total. The van der Waals surface area contributed by atoms with Gasteiger partial charge in [-0.05, 0) is 30.2 Å². The first-order valence-corrected chi connectivity index (χ1v) is 7.42. The number of rotatable bonds is 7. The number of hydrogen-bond donors (Lipinski definition) is 0. The average molecular weight is 300 g/mol. The van der Waals surface area contributed by atoms with Crippen LogP contribution in [0, 0.1) is 0 Å². The maximum Gasteiger partial charge on any atom is 0.305 e. The van der Waals surface area contributed by atoms with Crippen molar-refractivity contribution in [2.24, 2.45) is 0 Å². The third kappa shape index (κ3) is 3.64. The third-order valence-electron chi connectivity index (χ3n) is 3.48. The molecule has 0 radical (unpaired) electrons. The first kappa shape index (κ1) is 16.0. The maximum atomic E-state index is 12.5. The lowest BCUT2D eigenvalue weighted by molar-refractivity contribution is -0.143. The zero-order valence-electron chi connectivity index (χ0n) is 12.9. The number of fused-ring (bicyclic) bond motifs is 1. The van der Waals surface area contributed by atoms with E-state index in [0.717, 1.165) is 10.8 Å². The second-order valence-corrected chi connectivity index (χ2v) is 4.95. The van der Waals surface area contributed by atoms with E-state index in [1.165, 1.54) is 0 Å². The molecule has 0 aliphatic rings. The van der Waals surface area contributed by atoms with E-state index in [9.17, 15) is 9.59 Å². The highest BCUT2D eigenvalue weighted by molar-refractivity contribution is 6.10. The second kappa shape index (κ2) is 7.59. The molecule has 2 rings (SSSR count). The smallest absolute Gasteiger partial charge is 0.305 e. The average Bonchev–Trinajstić information content (AvgIpc) is 2.53. The molecule has 0 atom stereocenters. The molecule has 0 bridgehead atoms. The number of carbonyl (C=O) groups excluding carboxylic acids is 2. The minimum atomic E-state index is -0.264. The Balaban J connectivity index is 2.18. The Bertz CT molecular complexity index is 676. The molecule has 0 aliphatic carbocycles. The quantitative estimate of drug-likeness (QED) is 0.577. The standard InChI is InChI=1S/C18H20O4/c1-3-22-17(20)10-6-9-15(19)18-14-8-5-4-7-13(14)11-12-16(18)21-2/h4-5,7-8,11-12H,3,6,9-10H2,1-2H3. The summed E-state index contributed by atoms with van der Waals surface area (Å²) in [6.45, 7) is 2.13. The fourth-order valence-electron chi connectivity index (χ4n) is 2.46. The number of esters is 1. The summed E-state index contributed by atoms with van der Waals surface area (Å²) >= 11 is 0. The van der Waals surface area contributed by atoms with Crippen molar-refractivity contribution in [1.29, 1.82) is 0 Å². The molecule has 0 unspecified atom stereocenters. The van der Waals surface area contributed by atoms with Crippen LogP contribution in [-0.4, -0.2) is 25.5 Å². The predicted molar refractivity (Wildman–Crippen MR) is 85.3 cm³/mol. The number of hydrogen-bond acceptors (Lipinski definition) is 4. The van der Waals surface area contributed by atoms with Crippen molar-refractivity contribution in [3.8, 4) is 5.75 Å². The van der Waals surface area contributed by atoms with Crippen LogP contribution >= 0.6 is 0 Å². The normalized spacial score (nSPS) is 10.5. The van der Waals surface area contributed by atoms with Gasteiger partial charge in [-0.2, -0.15) is 0 Å². The van der Waals surface area contributed by atoms with Crippen LogP contribution in [0.2, 0.25) is 0 Å². The van der Waals surface area contributed by atoms with Crippen LogP contribution in [0.15, 0.2) is 36.4 Å². The Morgan fingerprint density at radius 3 is 2.55 bits per heavy atom. The Morgan fingerprint density at radius 1 is 1.05 bits per heavy atom. The molecule has 0 aromatic heterocycles. The van der Waals surface area contributed by atoms with Gasteiger partial charge in [0.1, 0.15) is 5.75 Å². The van der Waals surface area contributed by atoms with Crippen molar-refractivity contribution in [3.63, 3.8) is 0 Å². The van der Waals surface area contributed by atoms with Gasteiger partial charge in [0.05, 0.1) is 19.3 Å². The van der Waals surface area contributed by atoms with E-state index in [4.69, 9.17) is 9.47 Å². The lowest BCUT2D eigenvalue weighted by Crippen LogP contribution is -2.07. The van der Waals surface area contributed by atoms with Crippen LogP contribution in [0.5, 0.6) is 5.75 Å². The Hall–Kier alpha value is -2.36. The van der Waals surface area contributed by atoms with Crippen molar-refractivity contribution in [1.82, 2.24) is 0 Å². The molecule has 0 amide bonds. The summed E-state index contributed by atoms with van der Waals surface area (Å²) in [5.74, 6) is 0.290. The molecular formula is C18H20O4. The summed E-state index contributed by atoms with van der Waals surface area (Å²) in [6, 6.07) is 11.5. The van der Waals surface area contributed by atoms with Gasteiger partial charge in [0.15, 0.2) is 5.78 Å². The molecule has 22 heavy (non-hydrogen) atoms. The van der Waals surface area contributed by atoms with Crippen LogP contribution in [0.3, 0.4) is 0 Å². The van der Waals surface area contributed by atoms with Gasteiger partial charge in [0, 0.05) is 12.8 Å². The number of carbonyl (C=O) groups is 2. The van der Waals surface area contributed by atoms with Crippen molar-refractivity contribution in [3.05, 3.63) is 42.0 Å². The number of Topliss-reactive ketones (excluding diaryl/α,β-unsaturated/α-hetero) is 1. The minimum Gasteiger partial charge on any atom is -0.496 e. The third-order valence-corrected chi connectivity index (χ3v) is 3.48. The van der Waals surface area contributed by atoms with Crippen molar-refractivity contribution in [2.75, 3.05) is 13.7 Å². The molecule has 116 valence electrons. The molecule has 2 aromatic rings. The number of benzene rings is 2. The van der Waals surface area contributed by atoms with E-state index in [-0.39, 0.29) is 18.2 Å². The number of ketones is 1. The summed E-state index contributed by atoms with van der Waals surface area (Å²) in [4.78, 5) is 23.9. The molecule has 4 heteroatoms. The van der Waals surface area contributed by atoms with E-state index in [0.29, 0.717) is 30.8 Å². The predicted octanol–water partition coefficient (Wildman–Crippen LogP) is 3.76. The van der Waals surface area contributed by atoms with Gasteiger partial charge in [0.25, 0.3) is 0 Å². The van der Waals surface area contributed by atoms with Gasteiger partial charge in [-0.3, -0.25) is 9.59 Å². The fraction of sp³-hybridized carbons (Fsp3) is 0.333. The van der Waals surface area contributed by atoms with E-state index in [2.05, 4.69) is 0 Å². The van der Waals surface area contributed by atoms with Crippen LogP contribution in [0.25, 0.3) is 10.8 Å². The van der Waals surface area contributed by atoms with E-state index in [1.807, 2.05) is 30.3 Å². The van der Waals surface area contributed by atoms with Crippen molar-refractivity contribution >= 4 is 22.5 Å². The highest BCUT2D eigenvalue weighted by Gasteiger charge is 2.16. The van der Waals surface area contributed by atoms with E-state index >= 15 is 0 Å². The minimum absolute atomic E-state index is 0.0158. The van der Waals surface area contributed by atoms with Gasteiger partial charge in [-0.25, -0.2) is 0 Å². The SMILES string of the molecule is CCOC(=O)CCCC(=O)c1c(OC)ccc2ccccc12. The summed E-state index contributed by atoms with van der Waals surface area (Å²) in [6.07, 6.45) is 1.03. The lowest BCUT2D eigenvalue weighted by Gasteiger charge is -2.11. The molecule has 0 aliphatic heterocycles. The largest absolute Gasteiger partial charge is 0.496 e. The zero-order valence-corrected chi connectivity index (χ0v) is 12.9. The first-order chi connectivity index (χ1) is 10.7. The molecule has 2 aromatic carbocycles. The van der Waals surface area contributed by atoms with Gasteiger partial charge < -0.3 is 9.47 Å². The molecule has 0 saturated heterocycles. The fourth-order valence-corrected chi connectivity index (χ4v) is 2.46. The van der Waals surface area contributed by atoms with Gasteiger partial charge in [0.2, 0.25) is 0 Å². The highest BCUT2D eigenvalue weighted by atomic mass is 16.5. The monoisotopic (exact) mass is 300 g/mol. The van der Waals surface area contributed by atoms with E-state index in [1.54, 1.807) is 20.1 Å². The Morgan fingerprint density at radius 2 is 1.82 bits per heavy atom. The molecule has 0 heterocycles. The summed E-state index contributed by atoms with van der Waals surface area (Å²) in [7, 11) is 1.56. The van der Waals surface area contributed by atoms with Gasteiger partial charge in [-0.1, -0.05) is 30.3 Å². The summed E-state index contributed by atoms with van der Waals surface area (Å²) in [5, 5.41) is 1.88. The maximum absolute atomic E-state index is 12.5. The topological polar surface area (TPSA) is 52.6 Å². The number of methoxy groups -OCH3 is 1. The van der Waals surface area contributed by atoms with Crippen LogP contribution in [0.1, 0.15) is 36.5 Å². The first-order valence-electron chi connectivity index (χ1n) is 7.42. The zero-order chi connectivity index (χ0) is 15.9. The van der Waals surface area contributed by atoms with Crippen molar-refractivity contribution in [2.45, 2.75) is 26.2 Å². The molecule has 0 spiro atoms. The summed E-state index contributed by atoms with van der Waals surface area (Å²) < 4.78 is 10.2. The van der Waals surface area contributed by atoms with E-state index < -0.39 is 0 Å². The van der Waals surface area contributed by atoms with Crippen molar-refractivity contribution < 1.29 is 19.1 Å². The van der Waals surface area contributed by atoms with Crippen LogP contribution in [0.4, 0.5) is 0 Å². The van der Waals surface area contributed by atoms with Gasteiger partial charge >= 0.3 is 5.97 Å². The molecule has 0 fully saturated rings. The highest BCUT2D eigenvalue weighted by Crippen LogP contribution is 2.29. The Kier molecular flexibility index (Phi) is 5.53. The molecular weight excluding hydrogens is 280 g/mol. The van der Waals surface area contributed by atoms with Gasteiger partial charge in [-0.15, -0.1) is 0 Å². The second-order valence-electron chi connectivity index (χ2n) is 4.95.